The molecule has 0 saturated heterocycles. The van der Waals surface area contributed by atoms with E-state index in [1.54, 1.807) is 6.92 Å². The SMILES string of the molecule is Cc1nc(-c2c(Cl)c3ccccc3n2-c2ccc(CC(N)=O)cc2)no1. The van der Waals surface area contributed by atoms with E-state index >= 15 is 0 Å². The highest BCUT2D eigenvalue weighted by molar-refractivity contribution is 6.38. The van der Waals surface area contributed by atoms with Gasteiger partial charge in [0, 0.05) is 18.0 Å². The lowest BCUT2D eigenvalue weighted by Gasteiger charge is -2.10. The zero-order chi connectivity index (χ0) is 18.3. The Morgan fingerprint density at radius 3 is 2.58 bits per heavy atom. The predicted octanol–water partition coefficient (Wildman–Crippen LogP) is 3.67. The summed E-state index contributed by atoms with van der Waals surface area (Å²) in [5, 5.41) is 5.49. The molecule has 2 aromatic carbocycles. The second-order valence-corrected chi connectivity index (χ2v) is 6.34. The molecule has 26 heavy (non-hydrogen) atoms. The molecule has 4 rings (SSSR count). The standard InChI is InChI=1S/C19H15ClN4O2/c1-11-22-19(23-26-11)18-17(20)14-4-2-3-5-15(14)24(18)13-8-6-12(7-9-13)10-16(21)25/h2-9H,10H2,1H3,(H2,21,25). The smallest absolute Gasteiger partial charge is 0.223 e. The van der Waals surface area contributed by atoms with E-state index in [0.29, 0.717) is 22.4 Å². The van der Waals surface area contributed by atoms with Crippen molar-refractivity contribution in [1.82, 2.24) is 14.7 Å². The third kappa shape index (κ3) is 2.74. The van der Waals surface area contributed by atoms with Crippen LogP contribution in [0.5, 0.6) is 0 Å². The van der Waals surface area contributed by atoms with Gasteiger partial charge in [-0.15, -0.1) is 0 Å². The van der Waals surface area contributed by atoms with E-state index < -0.39 is 0 Å². The molecule has 6 nitrogen and oxygen atoms in total. The van der Waals surface area contributed by atoms with Crippen molar-refractivity contribution in [3.8, 4) is 17.2 Å². The first-order valence-corrected chi connectivity index (χ1v) is 8.39. The summed E-state index contributed by atoms with van der Waals surface area (Å²) in [4.78, 5) is 15.5. The molecule has 130 valence electrons. The lowest BCUT2D eigenvalue weighted by Crippen LogP contribution is -2.13. The lowest BCUT2D eigenvalue weighted by molar-refractivity contribution is -0.117. The molecule has 0 unspecified atom stereocenters. The largest absolute Gasteiger partial charge is 0.369 e. The third-order valence-electron chi connectivity index (χ3n) is 4.13. The van der Waals surface area contributed by atoms with E-state index in [0.717, 1.165) is 22.2 Å². The summed E-state index contributed by atoms with van der Waals surface area (Å²) in [6.07, 6.45) is 0.199. The number of nitrogens with zero attached hydrogens (tertiary/aromatic N) is 3. The van der Waals surface area contributed by atoms with Crippen LogP contribution in [-0.4, -0.2) is 20.6 Å². The zero-order valence-corrected chi connectivity index (χ0v) is 14.7. The summed E-state index contributed by atoms with van der Waals surface area (Å²) >= 11 is 6.65. The van der Waals surface area contributed by atoms with Gasteiger partial charge in [-0.3, -0.25) is 4.79 Å². The molecule has 0 bridgehead atoms. The fraction of sp³-hybridized carbons (Fsp3) is 0.105. The number of halogens is 1. The number of para-hydroxylation sites is 1. The molecule has 0 atom stereocenters. The van der Waals surface area contributed by atoms with Crippen molar-refractivity contribution in [1.29, 1.82) is 0 Å². The van der Waals surface area contributed by atoms with Gasteiger partial charge in [0.05, 0.1) is 17.0 Å². The van der Waals surface area contributed by atoms with Crippen LogP contribution in [0.2, 0.25) is 5.02 Å². The van der Waals surface area contributed by atoms with Gasteiger partial charge >= 0.3 is 0 Å². The summed E-state index contributed by atoms with van der Waals surface area (Å²) in [5.74, 6) is 0.518. The molecule has 2 N–H and O–H groups in total. The van der Waals surface area contributed by atoms with Crippen molar-refractivity contribution >= 4 is 28.4 Å². The Kier molecular flexibility index (Phi) is 3.97. The van der Waals surface area contributed by atoms with Gasteiger partial charge in [0.15, 0.2) is 0 Å². The van der Waals surface area contributed by atoms with Gasteiger partial charge in [0.1, 0.15) is 5.69 Å². The number of hydrogen-bond donors (Lipinski definition) is 1. The monoisotopic (exact) mass is 366 g/mol. The average Bonchev–Trinajstić information content (AvgIpc) is 3.17. The number of nitrogens with two attached hydrogens (primary N) is 1. The maximum atomic E-state index is 11.1. The number of benzene rings is 2. The number of primary amides is 1. The van der Waals surface area contributed by atoms with E-state index in [1.165, 1.54) is 0 Å². The van der Waals surface area contributed by atoms with Crippen LogP contribution in [0.1, 0.15) is 11.5 Å². The first kappa shape index (κ1) is 16.4. The Balaban J connectivity index is 1.95. The van der Waals surface area contributed by atoms with Gasteiger partial charge < -0.3 is 14.8 Å². The second-order valence-electron chi connectivity index (χ2n) is 5.96. The second kappa shape index (κ2) is 6.31. The minimum absolute atomic E-state index is 0.199. The van der Waals surface area contributed by atoms with Crippen LogP contribution in [0.15, 0.2) is 53.1 Å². The van der Waals surface area contributed by atoms with Crippen LogP contribution in [0.3, 0.4) is 0 Å². The highest BCUT2D eigenvalue weighted by atomic mass is 35.5. The molecule has 0 saturated carbocycles. The van der Waals surface area contributed by atoms with Crippen LogP contribution in [0.4, 0.5) is 0 Å². The van der Waals surface area contributed by atoms with Crippen LogP contribution >= 0.6 is 11.6 Å². The third-order valence-corrected chi connectivity index (χ3v) is 4.51. The van der Waals surface area contributed by atoms with Crippen LogP contribution < -0.4 is 5.73 Å². The molecule has 7 heteroatoms. The minimum Gasteiger partial charge on any atom is -0.369 e. The summed E-state index contributed by atoms with van der Waals surface area (Å²) in [6.45, 7) is 1.73. The summed E-state index contributed by atoms with van der Waals surface area (Å²) < 4.78 is 7.12. The number of amides is 1. The maximum Gasteiger partial charge on any atom is 0.223 e. The van der Waals surface area contributed by atoms with Crippen molar-refractivity contribution in [2.75, 3.05) is 0 Å². The topological polar surface area (TPSA) is 86.9 Å². The molecular weight excluding hydrogens is 352 g/mol. The number of aromatic nitrogens is 3. The first-order chi connectivity index (χ1) is 12.5. The Morgan fingerprint density at radius 2 is 1.92 bits per heavy atom. The molecule has 1 amide bonds. The molecule has 0 aliphatic heterocycles. The Hall–Kier alpha value is -3.12. The Bertz CT molecular complexity index is 1110. The van der Waals surface area contributed by atoms with Gasteiger partial charge in [-0.05, 0) is 23.8 Å². The van der Waals surface area contributed by atoms with E-state index in [-0.39, 0.29) is 12.3 Å². The van der Waals surface area contributed by atoms with E-state index in [4.69, 9.17) is 21.9 Å². The van der Waals surface area contributed by atoms with E-state index in [1.807, 2.05) is 53.1 Å². The zero-order valence-electron chi connectivity index (χ0n) is 13.9. The maximum absolute atomic E-state index is 11.1. The molecule has 2 heterocycles. The highest BCUT2D eigenvalue weighted by Gasteiger charge is 2.22. The van der Waals surface area contributed by atoms with Crippen LogP contribution in [0.25, 0.3) is 28.1 Å². The Labute approximate surface area is 154 Å². The number of fused-ring (bicyclic) bond motifs is 1. The molecule has 4 aromatic rings. The summed E-state index contributed by atoms with van der Waals surface area (Å²) in [6, 6.07) is 15.4. The molecule has 0 radical (unpaired) electrons. The van der Waals surface area contributed by atoms with E-state index in [9.17, 15) is 4.79 Å². The van der Waals surface area contributed by atoms with E-state index in [2.05, 4.69) is 10.1 Å². The number of carbonyl (C=O) groups is 1. The molecular formula is C19H15ClN4O2. The van der Waals surface area contributed by atoms with Gasteiger partial charge in [0.2, 0.25) is 17.6 Å². The van der Waals surface area contributed by atoms with Crippen LogP contribution in [0, 0.1) is 6.92 Å². The van der Waals surface area contributed by atoms with Crippen molar-refractivity contribution in [2.24, 2.45) is 5.73 Å². The molecule has 0 fully saturated rings. The van der Waals surface area contributed by atoms with Gasteiger partial charge in [-0.2, -0.15) is 4.98 Å². The first-order valence-electron chi connectivity index (χ1n) is 8.02. The molecule has 0 aliphatic carbocycles. The fourth-order valence-electron chi connectivity index (χ4n) is 3.03. The predicted molar refractivity (Wildman–Crippen MR) is 99.2 cm³/mol. The van der Waals surface area contributed by atoms with Gasteiger partial charge in [-0.25, -0.2) is 0 Å². The lowest BCUT2D eigenvalue weighted by atomic mass is 10.1. The quantitative estimate of drug-likeness (QED) is 0.597. The van der Waals surface area contributed by atoms with Crippen molar-refractivity contribution in [2.45, 2.75) is 13.3 Å². The number of hydrogen-bond acceptors (Lipinski definition) is 4. The van der Waals surface area contributed by atoms with Gasteiger partial charge in [0.25, 0.3) is 0 Å². The fourth-order valence-corrected chi connectivity index (χ4v) is 3.36. The van der Waals surface area contributed by atoms with Crippen LogP contribution in [-0.2, 0) is 11.2 Å². The highest BCUT2D eigenvalue weighted by Crippen LogP contribution is 2.38. The van der Waals surface area contributed by atoms with Gasteiger partial charge in [-0.1, -0.05) is 47.1 Å². The number of rotatable bonds is 4. The van der Waals surface area contributed by atoms with Crippen molar-refractivity contribution in [3.05, 3.63) is 65.0 Å². The molecule has 0 aliphatic rings. The number of carbonyl (C=O) groups excluding carboxylic acids is 1. The Morgan fingerprint density at radius 1 is 1.19 bits per heavy atom. The summed E-state index contributed by atoms with van der Waals surface area (Å²) in [7, 11) is 0. The molecule has 0 spiro atoms. The van der Waals surface area contributed by atoms with Crippen molar-refractivity contribution < 1.29 is 9.32 Å². The average molecular weight is 367 g/mol. The van der Waals surface area contributed by atoms with Crippen molar-refractivity contribution in [3.63, 3.8) is 0 Å². The normalized spacial score (nSPS) is 11.2. The molecule has 2 aromatic heterocycles. The summed E-state index contributed by atoms with van der Waals surface area (Å²) in [5.41, 5.74) is 8.58. The minimum atomic E-state index is -0.366. The number of aryl methyl sites for hydroxylation is 1.